The van der Waals surface area contributed by atoms with E-state index in [0.717, 1.165) is 11.1 Å². The maximum Gasteiger partial charge on any atom is 0.338 e. The first kappa shape index (κ1) is 35.6. The van der Waals surface area contributed by atoms with Crippen molar-refractivity contribution in [3.8, 4) is 17.2 Å². The van der Waals surface area contributed by atoms with Crippen molar-refractivity contribution < 1.29 is 52.0 Å². The molecule has 0 spiro atoms. The van der Waals surface area contributed by atoms with E-state index in [1.54, 1.807) is 0 Å². The molecule has 0 saturated heterocycles. The molecule has 3 rings (SSSR count). The average Bonchev–Trinajstić information content (AvgIpc) is 3.03. The third-order valence-electron chi connectivity index (χ3n) is 7.51. The molecule has 246 valence electrons. The third kappa shape index (κ3) is 9.10. The fourth-order valence-electron chi connectivity index (χ4n) is 4.04. The van der Waals surface area contributed by atoms with Gasteiger partial charge in [-0.3, -0.25) is 0 Å². The van der Waals surface area contributed by atoms with Gasteiger partial charge in [-0.05, 0) is 83.9 Å². The number of hydrogen-bond donors (Lipinski definition) is 0. The molecule has 11 nitrogen and oxygen atoms in total. The molecule has 0 aliphatic heterocycles. The second kappa shape index (κ2) is 15.0. The Balaban J connectivity index is 1.98. The Kier molecular flexibility index (Phi) is 11.6. The van der Waals surface area contributed by atoms with E-state index in [-0.39, 0.29) is 52.0 Å². The molecule has 46 heavy (non-hydrogen) atoms. The monoisotopic (exact) mass is 652 g/mol. The Morgan fingerprint density at radius 2 is 0.848 bits per heavy atom. The summed E-state index contributed by atoms with van der Waals surface area (Å²) < 4.78 is 38.0. The number of methoxy groups -OCH3 is 4. The van der Waals surface area contributed by atoms with Gasteiger partial charge in [0.15, 0.2) is 0 Å². The molecule has 0 amide bonds. The van der Waals surface area contributed by atoms with Crippen molar-refractivity contribution in [3.05, 3.63) is 88.0 Å². The molecule has 0 aliphatic rings. The fourth-order valence-corrected chi connectivity index (χ4v) is 5.06. The molecule has 12 heteroatoms. The Hall–Kier alpha value is -4.84. The van der Waals surface area contributed by atoms with Crippen LogP contribution in [-0.4, -0.2) is 60.6 Å². The third-order valence-corrected chi connectivity index (χ3v) is 11.9. The molecular formula is C34H40O11Si. The lowest BCUT2D eigenvalue weighted by Crippen LogP contribution is -2.43. The molecule has 0 saturated carbocycles. The SMILES string of the molecule is COC(=O)c1cc(OCc2cc(COc3cc(C(=O)OC)cc(C(=O)OC)c3)cc(O[Si](C)(C)C(C)(C)C)c2)cc(C(=O)OC)c1. The quantitative estimate of drug-likeness (QED) is 0.123. The summed E-state index contributed by atoms with van der Waals surface area (Å²) in [6, 6.07) is 14.2. The fraction of sp³-hybridized carbons (Fsp3) is 0.353. The van der Waals surface area contributed by atoms with Crippen LogP contribution in [0.5, 0.6) is 17.2 Å². The van der Waals surface area contributed by atoms with Crippen molar-refractivity contribution in [1.82, 2.24) is 0 Å². The number of benzene rings is 3. The molecule has 0 N–H and O–H groups in total. The molecule has 0 heterocycles. The van der Waals surface area contributed by atoms with Crippen LogP contribution in [0.3, 0.4) is 0 Å². The highest BCUT2D eigenvalue weighted by Gasteiger charge is 2.39. The maximum absolute atomic E-state index is 12.2. The van der Waals surface area contributed by atoms with Crippen LogP contribution in [0.1, 0.15) is 73.3 Å². The standard InChI is InChI=1S/C34H40O11Si/c1-34(2,3)46(8,9)45-29-11-21(19-43-27-15-23(30(35)39-4)13-24(16-27)31(36)40-5)10-22(12-29)20-44-28-17-25(32(37)41-6)14-26(18-28)33(38)42-7/h10-18H,19-20H2,1-9H3. The molecule has 0 atom stereocenters. The Labute approximate surface area is 269 Å². The van der Waals surface area contributed by atoms with Gasteiger partial charge in [0.25, 0.3) is 0 Å². The maximum atomic E-state index is 12.2. The van der Waals surface area contributed by atoms with Gasteiger partial charge >= 0.3 is 23.9 Å². The van der Waals surface area contributed by atoms with Crippen LogP contribution in [0.2, 0.25) is 18.1 Å². The lowest BCUT2D eigenvalue weighted by molar-refractivity contribution is 0.0580. The summed E-state index contributed by atoms with van der Waals surface area (Å²) in [7, 11) is 2.72. The molecule has 3 aromatic carbocycles. The lowest BCUT2D eigenvalue weighted by atomic mass is 10.1. The Morgan fingerprint density at radius 3 is 1.13 bits per heavy atom. The van der Waals surface area contributed by atoms with E-state index in [9.17, 15) is 19.2 Å². The van der Waals surface area contributed by atoms with Crippen LogP contribution in [0.25, 0.3) is 0 Å². The van der Waals surface area contributed by atoms with Crippen molar-refractivity contribution in [2.75, 3.05) is 28.4 Å². The molecule has 0 aromatic heterocycles. The van der Waals surface area contributed by atoms with Crippen LogP contribution >= 0.6 is 0 Å². The average molecular weight is 653 g/mol. The summed E-state index contributed by atoms with van der Waals surface area (Å²) in [5, 5.41) is -0.0760. The van der Waals surface area contributed by atoms with E-state index in [0.29, 0.717) is 5.75 Å². The smallest absolute Gasteiger partial charge is 0.338 e. The van der Waals surface area contributed by atoms with Gasteiger partial charge in [0, 0.05) is 0 Å². The molecule has 3 aromatic rings. The van der Waals surface area contributed by atoms with Gasteiger partial charge in [0.2, 0.25) is 8.32 Å². The normalized spacial score (nSPS) is 11.2. The molecular weight excluding hydrogens is 612 g/mol. The van der Waals surface area contributed by atoms with E-state index in [2.05, 4.69) is 33.9 Å². The zero-order chi connectivity index (χ0) is 34.2. The second-order valence-corrected chi connectivity index (χ2v) is 16.6. The molecule has 0 fully saturated rings. The Morgan fingerprint density at radius 1 is 0.522 bits per heavy atom. The highest BCUT2D eigenvalue weighted by Crippen LogP contribution is 2.38. The van der Waals surface area contributed by atoms with E-state index in [1.165, 1.54) is 64.8 Å². The number of ether oxygens (including phenoxy) is 6. The zero-order valence-electron chi connectivity index (χ0n) is 27.6. The first-order valence-electron chi connectivity index (χ1n) is 14.3. The number of hydrogen-bond acceptors (Lipinski definition) is 11. The molecule has 0 aliphatic carbocycles. The minimum Gasteiger partial charge on any atom is -0.543 e. The van der Waals surface area contributed by atoms with E-state index in [4.69, 9.17) is 32.8 Å². The van der Waals surface area contributed by atoms with Gasteiger partial charge in [-0.1, -0.05) is 20.8 Å². The first-order chi connectivity index (χ1) is 21.6. The van der Waals surface area contributed by atoms with Crippen LogP contribution in [-0.2, 0) is 32.2 Å². The van der Waals surface area contributed by atoms with Gasteiger partial charge < -0.3 is 32.8 Å². The summed E-state index contributed by atoms with van der Waals surface area (Å²) in [6.07, 6.45) is 0. The predicted molar refractivity (Wildman–Crippen MR) is 171 cm³/mol. The van der Waals surface area contributed by atoms with Crippen molar-refractivity contribution >= 4 is 32.2 Å². The summed E-state index contributed by atoms with van der Waals surface area (Å²) >= 11 is 0. The largest absolute Gasteiger partial charge is 0.543 e. The number of esters is 4. The number of carbonyl (C=O) groups is 4. The van der Waals surface area contributed by atoms with Crippen molar-refractivity contribution in [2.24, 2.45) is 0 Å². The highest BCUT2D eigenvalue weighted by atomic mass is 28.4. The zero-order valence-corrected chi connectivity index (χ0v) is 28.6. The van der Waals surface area contributed by atoms with Crippen molar-refractivity contribution in [1.29, 1.82) is 0 Å². The molecule has 0 bridgehead atoms. The Bertz CT molecular complexity index is 1430. The highest BCUT2D eigenvalue weighted by molar-refractivity contribution is 6.74. The molecule has 0 radical (unpaired) electrons. The summed E-state index contributed by atoms with van der Waals surface area (Å²) in [5.41, 5.74) is 1.96. The minimum atomic E-state index is -2.25. The summed E-state index contributed by atoms with van der Waals surface area (Å²) in [4.78, 5) is 49.0. The number of rotatable bonds is 12. The van der Waals surface area contributed by atoms with Gasteiger partial charge in [0.05, 0.1) is 50.7 Å². The predicted octanol–water partition coefficient (Wildman–Crippen LogP) is 6.38. The van der Waals surface area contributed by atoms with Crippen LogP contribution in [0.4, 0.5) is 0 Å². The van der Waals surface area contributed by atoms with E-state index >= 15 is 0 Å². The van der Waals surface area contributed by atoms with Gasteiger partial charge in [-0.15, -0.1) is 0 Å². The van der Waals surface area contributed by atoms with Gasteiger partial charge in [-0.2, -0.15) is 0 Å². The van der Waals surface area contributed by atoms with Crippen molar-refractivity contribution in [3.63, 3.8) is 0 Å². The minimum absolute atomic E-state index is 0.0528. The summed E-state index contributed by atoms with van der Waals surface area (Å²) in [5.74, 6) is -1.40. The number of carbonyl (C=O) groups excluding carboxylic acids is 4. The van der Waals surface area contributed by atoms with Gasteiger partial charge in [-0.25, -0.2) is 19.2 Å². The molecule has 0 unspecified atom stereocenters. The van der Waals surface area contributed by atoms with Gasteiger partial charge in [0.1, 0.15) is 30.5 Å². The summed E-state index contributed by atoms with van der Waals surface area (Å²) in [6.45, 7) is 10.8. The van der Waals surface area contributed by atoms with E-state index < -0.39 is 32.2 Å². The first-order valence-corrected chi connectivity index (χ1v) is 17.2. The van der Waals surface area contributed by atoms with E-state index in [1.807, 2.05) is 18.2 Å². The van der Waals surface area contributed by atoms with Crippen molar-refractivity contribution in [2.45, 2.75) is 52.1 Å². The second-order valence-electron chi connectivity index (χ2n) is 11.9. The van der Waals surface area contributed by atoms with Crippen LogP contribution < -0.4 is 13.9 Å². The van der Waals surface area contributed by atoms with Crippen LogP contribution in [0, 0.1) is 0 Å². The van der Waals surface area contributed by atoms with Crippen LogP contribution in [0.15, 0.2) is 54.6 Å². The topological polar surface area (TPSA) is 133 Å². The lowest BCUT2D eigenvalue weighted by Gasteiger charge is -2.36.